The van der Waals surface area contributed by atoms with Gasteiger partial charge in [0, 0.05) is 12.3 Å². The van der Waals surface area contributed by atoms with Crippen LogP contribution in [0.3, 0.4) is 0 Å². The average molecular weight is 403 g/mol. The summed E-state index contributed by atoms with van der Waals surface area (Å²) in [6.45, 7) is -2.31. The number of rotatable bonds is 6. The summed E-state index contributed by atoms with van der Waals surface area (Å²) in [6, 6.07) is 5.25. The van der Waals surface area contributed by atoms with Gasteiger partial charge in [0.25, 0.3) is 0 Å². The van der Waals surface area contributed by atoms with Crippen molar-refractivity contribution in [2.24, 2.45) is 0 Å². The third kappa shape index (κ3) is 4.49. The van der Waals surface area contributed by atoms with Crippen LogP contribution < -0.4 is 9.39 Å². The van der Waals surface area contributed by atoms with E-state index < -0.39 is 12.7 Å². The van der Waals surface area contributed by atoms with E-state index >= 15 is 0 Å². The van der Waals surface area contributed by atoms with Crippen molar-refractivity contribution in [2.45, 2.75) is 31.8 Å². The van der Waals surface area contributed by atoms with Crippen molar-refractivity contribution < 1.29 is 34.1 Å². The maximum atomic E-state index is 12.3. The normalized spacial score (nSPS) is 17.8. The molecule has 1 amide bonds. The van der Waals surface area contributed by atoms with Gasteiger partial charge in [-0.1, -0.05) is 17.6 Å². The lowest BCUT2D eigenvalue weighted by atomic mass is 9.70. The zero-order chi connectivity index (χ0) is 20.6. The van der Waals surface area contributed by atoms with E-state index in [1.807, 2.05) is 6.07 Å². The number of ether oxygens (including phenoxy) is 1. The number of amides is 1. The van der Waals surface area contributed by atoms with E-state index in [1.54, 1.807) is 17.0 Å². The van der Waals surface area contributed by atoms with Gasteiger partial charge in [0.05, 0.1) is 31.0 Å². The van der Waals surface area contributed by atoms with E-state index in [4.69, 9.17) is 14.5 Å². The number of aliphatic carboxylic acids is 1. The summed E-state index contributed by atoms with van der Waals surface area (Å²) in [7, 11) is 0. The zero-order valence-electron chi connectivity index (χ0n) is 15.5. The quantitative estimate of drug-likeness (QED) is 0.520. The number of hydrogen-bond acceptors (Lipinski definition) is 8. The summed E-state index contributed by atoms with van der Waals surface area (Å²) < 4.78 is 12.2. The van der Waals surface area contributed by atoms with Gasteiger partial charge >= 0.3 is 12.7 Å². The standard InChI is InChI=1S/C17H20BN4O7/c23-16(5-12-7-22(20-19-12)10-17(24)25)21-8-14(9-21)28-13-2-1-11-3-4-18(26,27)29-15(11)6-13/h1-2,6-7,14,26-27H,3-5,8-10H2,(H,24,25)/q-1. The molecule has 0 aliphatic carbocycles. The molecule has 12 heteroatoms. The molecule has 1 saturated heterocycles. The van der Waals surface area contributed by atoms with Gasteiger partial charge in [-0.25, -0.2) is 4.68 Å². The first kappa shape index (κ1) is 19.2. The first-order chi connectivity index (χ1) is 13.8. The summed E-state index contributed by atoms with van der Waals surface area (Å²) in [6.07, 6.45) is 1.98. The van der Waals surface area contributed by atoms with E-state index in [2.05, 4.69) is 10.3 Å². The molecule has 0 unspecified atom stereocenters. The van der Waals surface area contributed by atoms with Crippen LogP contribution in [0.2, 0.25) is 6.32 Å². The highest BCUT2D eigenvalue weighted by atomic mass is 16.6. The Morgan fingerprint density at radius 2 is 2.10 bits per heavy atom. The molecule has 1 aromatic heterocycles. The summed E-state index contributed by atoms with van der Waals surface area (Å²) in [5.41, 5.74) is 1.30. The Morgan fingerprint density at radius 3 is 2.86 bits per heavy atom. The summed E-state index contributed by atoms with van der Waals surface area (Å²) in [5.74, 6) is -0.247. The molecule has 0 saturated carbocycles. The van der Waals surface area contributed by atoms with Crippen LogP contribution in [0, 0.1) is 0 Å². The Morgan fingerprint density at radius 1 is 1.31 bits per heavy atom. The van der Waals surface area contributed by atoms with E-state index in [9.17, 15) is 19.6 Å². The monoisotopic (exact) mass is 403 g/mol. The molecule has 3 N–H and O–H groups in total. The molecule has 0 spiro atoms. The number of carbonyl (C=O) groups is 2. The van der Waals surface area contributed by atoms with E-state index in [1.165, 1.54) is 10.9 Å². The van der Waals surface area contributed by atoms with Gasteiger partial charge in [0.2, 0.25) is 5.91 Å². The average Bonchev–Trinajstić information content (AvgIpc) is 3.02. The molecule has 3 heterocycles. The molecule has 1 aromatic carbocycles. The number of aromatic nitrogens is 3. The van der Waals surface area contributed by atoms with Crippen molar-refractivity contribution in [3.05, 3.63) is 35.7 Å². The summed E-state index contributed by atoms with van der Waals surface area (Å²) >= 11 is 0. The lowest BCUT2D eigenvalue weighted by molar-refractivity contribution is -0.139. The fourth-order valence-corrected chi connectivity index (χ4v) is 3.34. The number of carboxylic acids is 1. The maximum absolute atomic E-state index is 12.3. The van der Waals surface area contributed by atoms with E-state index in [0.29, 0.717) is 36.7 Å². The molecular formula is C17H20BN4O7-. The Balaban J connectivity index is 1.27. The molecule has 11 nitrogen and oxygen atoms in total. The Kier molecular flexibility index (Phi) is 4.88. The second kappa shape index (κ2) is 7.37. The van der Waals surface area contributed by atoms with Crippen LogP contribution >= 0.6 is 0 Å². The smallest absolute Gasteiger partial charge is 0.430 e. The van der Waals surface area contributed by atoms with Crippen molar-refractivity contribution in [1.82, 2.24) is 19.9 Å². The molecule has 29 heavy (non-hydrogen) atoms. The van der Waals surface area contributed by atoms with Gasteiger partial charge < -0.3 is 29.4 Å². The number of likely N-dealkylation sites (tertiary alicyclic amines) is 1. The van der Waals surface area contributed by atoms with Gasteiger partial charge in [-0.05, 0) is 18.1 Å². The first-order valence-corrected chi connectivity index (χ1v) is 9.25. The Labute approximate surface area is 165 Å². The lowest BCUT2D eigenvalue weighted by Gasteiger charge is -2.39. The van der Waals surface area contributed by atoms with Gasteiger partial charge in [0.1, 0.15) is 18.4 Å². The molecule has 0 bridgehead atoms. The van der Waals surface area contributed by atoms with Crippen molar-refractivity contribution in [1.29, 1.82) is 0 Å². The van der Waals surface area contributed by atoms with Crippen LogP contribution in [0.25, 0.3) is 0 Å². The van der Waals surface area contributed by atoms with Gasteiger partial charge in [-0.3, -0.25) is 9.59 Å². The minimum Gasteiger partial charge on any atom is -0.670 e. The third-order valence-corrected chi connectivity index (χ3v) is 4.86. The minimum absolute atomic E-state index is 0.0379. The second-order valence-corrected chi connectivity index (χ2v) is 7.30. The van der Waals surface area contributed by atoms with E-state index in [0.717, 1.165) is 5.56 Å². The molecule has 0 atom stereocenters. The highest BCUT2D eigenvalue weighted by molar-refractivity contribution is 6.58. The molecule has 2 aliphatic rings. The van der Waals surface area contributed by atoms with Crippen LogP contribution in [0.15, 0.2) is 24.4 Å². The van der Waals surface area contributed by atoms with Crippen LogP contribution in [0.4, 0.5) is 0 Å². The molecule has 4 rings (SSSR count). The fraction of sp³-hybridized carbons (Fsp3) is 0.412. The largest absolute Gasteiger partial charge is 0.670 e. The molecule has 154 valence electrons. The highest BCUT2D eigenvalue weighted by Gasteiger charge is 2.33. The molecule has 1 fully saturated rings. The highest BCUT2D eigenvalue weighted by Crippen LogP contribution is 2.33. The van der Waals surface area contributed by atoms with Crippen LogP contribution in [0.5, 0.6) is 11.5 Å². The summed E-state index contributed by atoms with van der Waals surface area (Å²) in [4.78, 5) is 24.6. The number of carboxylic acid groups (broad SMARTS) is 1. The lowest BCUT2D eigenvalue weighted by Crippen LogP contribution is -2.56. The number of nitrogens with zero attached hydrogens (tertiary/aromatic N) is 4. The van der Waals surface area contributed by atoms with Crippen molar-refractivity contribution in [3.63, 3.8) is 0 Å². The van der Waals surface area contributed by atoms with Gasteiger partial charge in [-0.2, -0.15) is 0 Å². The number of fused-ring (bicyclic) bond motifs is 1. The van der Waals surface area contributed by atoms with Crippen LogP contribution in [-0.2, 0) is 29.0 Å². The van der Waals surface area contributed by atoms with Gasteiger partial charge in [0.15, 0.2) is 0 Å². The molecule has 0 radical (unpaired) electrons. The first-order valence-electron chi connectivity index (χ1n) is 9.25. The van der Waals surface area contributed by atoms with Crippen LogP contribution in [0.1, 0.15) is 11.3 Å². The topological polar surface area (TPSA) is 147 Å². The van der Waals surface area contributed by atoms with Crippen molar-refractivity contribution >= 4 is 18.6 Å². The maximum Gasteiger partial charge on any atom is 0.430 e. The molecular weight excluding hydrogens is 383 g/mol. The van der Waals surface area contributed by atoms with E-state index in [-0.39, 0.29) is 31.3 Å². The van der Waals surface area contributed by atoms with Crippen LogP contribution in [-0.4, -0.2) is 72.9 Å². The van der Waals surface area contributed by atoms with Crippen molar-refractivity contribution in [3.8, 4) is 11.5 Å². The van der Waals surface area contributed by atoms with Gasteiger partial charge in [-0.15, -0.1) is 5.10 Å². The molecule has 2 aromatic rings. The third-order valence-electron chi connectivity index (χ3n) is 4.86. The minimum atomic E-state index is -2.82. The number of carbonyl (C=O) groups excluding carboxylic acids is 1. The van der Waals surface area contributed by atoms with Crippen molar-refractivity contribution in [2.75, 3.05) is 13.1 Å². The Bertz CT molecular complexity index is 942. The predicted molar refractivity (Wildman–Crippen MR) is 98.1 cm³/mol. The number of hydrogen-bond donors (Lipinski definition) is 3. The Hall–Kier alpha value is -3.12. The summed E-state index contributed by atoms with van der Waals surface area (Å²) in [5, 5.41) is 35.6. The zero-order valence-corrected chi connectivity index (χ0v) is 15.5. The predicted octanol–water partition coefficient (Wildman–Crippen LogP) is -0.947. The number of benzene rings is 1. The number of aryl methyl sites for hydroxylation is 1. The molecule has 2 aliphatic heterocycles. The SMILES string of the molecule is O=C(O)Cn1cc(CC(=O)N2CC(Oc3ccc4c(c3)O[B-](O)(O)CC4)C2)nn1. The second-order valence-electron chi connectivity index (χ2n) is 7.30. The fourth-order valence-electron chi connectivity index (χ4n) is 3.34.